The van der Waals surface area contributed by atoms with E-state index in [4.69, 9.17) is 4.52 Å². The Kier molecular flexibility index (Phi) is 3.87. The van der Waals surface area contributed by atoms with Gasteiger partial charge in [-0.3, -0.25) is 9.69 Å². The maximum Gasteiger partial charge on any atom is 0.325 e. The van der Waals surface area contributed by atoms with Crippen molar-refractivity contribution in [3.8, 4) is 0 Å². The van der Waals surface area contributed by atoms with Gasteiger partial charge in [0.25, 0.3) is 5.91 Å². The van der Waals surface area contributed by atoms with Crippen LogP contribution >= 0.6 is 0 Å². The number of imide groups is 1. The van der Waals surface area contributed by atoms with Gasteiger partial charge < -0.3 is 9.84 Å². The molecule has 0 bridgehead atoms. The van der Waals surface area contributed by atoms with Crippen LogP contribution in [-0.4, -0.2) is 27.0 Å². The van der Waals surface area contributed by atoms with Crippen LogP contribution in [0.5, 0.6) is 0 Å². The quantitative estimate of drug-likeness (QED) is 0.871. The summed E-state index contributed by atoms with van der Waals surface area (Å²) in [6.45, 7) is 7.56. The number of nitrogens with one attached hydrogen (secondary N) is 1. The number of aromatic nitrogens is 2. The molecule has 126 valence electrons. The minimum atomic E-state index is -1.10. The molecule has 1 saturated heterocycles. The zero-order chi connectivity index (χ0) is 17.5. The van der Waals surface area contributed by atoms with Gasteiger partial charge in [0.1, 0.15) is 12.1 Å². The predicted molar refractivity (Wildman–Crippen MR) is 86.0 cm³/mol. The lowest BCUT2D eigenvalue weighted by atomic mass is 9.90. The number of nitrogens with zero attached hydrogens (tertiary/aromatic N) is 3. The van der Waals surface area contributed by atoms with Crippen LogP contribution in [0.25, 0.3) is 0 Å². The molecular weight excluding hydrogens is 308 g/mol. The molecule has 0 aliphatic carbocycles. The first-order valence-electron chi connectivity index (χ1n) is 7.85. The van der Waals surface area contributed by atoms with Crippen molar-refractivity contribution in [2.45, 2.75) is 45.7 Å². The van der Waals surface area contributed by atoms with Gasteiger partial charge in [0.15, 0.2) is 5.82 Å². The molecule has 1 aliphatic heterocycles. The zero-order valence-electron chi connectivity index (χ0n) is 14.2. The molecule has 1 fully saturated rings. The SMILES string of the molecule is Cc1noc(CN2C(=O)NC(C)(c3ccc(C(C)C)cc3)C2=O)n1. The molecular formula is C17H20N4O3. The Morgan fingerprint density at radius 2 is 1.92 bits per heavy atom. The van der Waals surface area contributed by atoms with Gasteiger partial charge in [-0.1, -0.05) is 43.3 Å². The topological polar surface area (TPSA) is 88.3 Å². The van der Waals surface area contributed by atoms with Gasteiger partial charge in [0.05, 0.1) is 0 Å². The Morgan fingerprint density at radius 3 is 2.46 bits per heavy atom. The minimum absolute atomic E-state index is 0.0365. The summed E-state index contributed by atoms with van der Waals surface area (Å²) >= 11 is 0. The molecule has 1 atom stereocenters. The van der Waals surface area contributed by atoms with Crippen LogP contribution in [0.15, 0.2) is 28.8 Å². The van der Waals surface area contributed by atoms with Crippen molar-refractivity contribution in [1.82, 2.24) is 20.4 Å². The Balaban J connectivity index is 1.86. The van der Waals surface area contributed by atoms with Crippen molar-refractivity contribution in [3.63, 3.8) is 0 Å². The Hall–Kier alpha value is -2.70. The first kappa shape index (κ1) is 16.2. The number of hydrogen-bond acceptors (Lipinski definition) is 5. The number of benzene rings is 1. The molecule has 1 N–H and O–H groups in total. The average Bonchev–Trinajstić information content (AvgIpc) is 3.05. The van der Waals surface area contributed by atoms with Crippen LogP contribution < -0.4 is 5.32 Å². The Morgan fingerprint density at radius 1 is 1.25 bits per heavy atom. The molecule has 0 saturated carbocycles. The molecule has 3 amide bonds. The maximum atomic E-state index is 12.8. The first-order valence-corrected chi connectivity index (χ1v) is 7.85. The predicted octanol–water partition coefficient (Wildman–Crippen LogP) is 2.47. The third-order valence-corrected chi connectivity index (χ3v) is 4.29. The van der Waals surface area contributed by atoms with E-state index in [-0.39, 0.29) is 18.3 Å². The Labute approximate surface area is 140 Å². The fourth-order valence-corrected chi connectivity index (χ4v) is 2.78. The lowest BCUT2D eigenvalue weighted by molar-refractivity contribution is -0.131. The molecule has 0 radical (unpaired) electrons. The summed E-state index contributed by atoms with van der Waals surface area (Å²) in [4.78, 5) is 30.2. The Bertz CT molecular complexity index is 781. The highest BCUT2D eigenvalue weighted by Crippen LogP contribution is 2.30. The molecule has 2 aromatic rings. The number of carbonyl (C=O) groups excluding carboxylic acids is 2. The summed E-state index contributed by atoms with van der Waals surface area (Å²) < 4.78 is 5.00. The van der Waals surface area contributed by atoms with Gasteiger partial charge in [0, 0.05) is 0 Å². The van der Waals surface area contributed by atoms with Crippen molar-refractivity contribution in [3.05, 3.63) is 47.1 Å². The van der Waals surface area contributed by atoms with E-state index in [9.17, 15) is 9.59 Å². The third kappa shape index (κ3) is 2.66. The smallest absolute Gasteiger partial charge is 0.325 e. The lowest BCUT2D eigenvalue weighted by Crippen LogP contribution is -2.40. The van der Waals surface area contributed by atoms with Gasteiger partial charge in [-0.2, -0.15) is 4.98 Å². The molecule has 7 heteroatoms. The van der Waals surface area contributed by atoms with Crippen LogP contribution in [0.3, 0.4) is 0 Å². The van der Waals surface area contributed by atoms with Crippen molar-refractivity contribution >= 4 is 11.9 Å². The van der Waals surface area contributed by atoms with Crippen LogP contribution in [0, 0.1) is 6.92 Å². The van der Waals surface area contributed by atoms with E-state index < -0.39 is 11.6 Å². The first-order chi connectivity index (χ1) is 11.3. The number of carbonyl (C=O) groups is 2. The summed E-state index contributed by atoms with van der Waals surface area (Å²) in [5.41, 5.74) is 0.827. The van der Waals surface area contributed by atoms with E-state index in [0.717, 1.165) is 10.5 Å². The second-order valence-corrected chi connectivity index (χ2v) is 6.46. The molecule has 3 rings (SSSR count). The highest BCUT2D eigenvalue weighted by atomic mass is 16.5. The molecule has 1 aliphatic rings. The molecule has 0 spiro atoms. The molecule has 2 heterocycles. The second kappa shape index (κ2) is 5.74. The number of aryl methyl sites for hydroxylation is 1. The third-order valence-electron chi connectivity index (χ3n) is 4.29. The van der Waals surface area contributed by atoms with Crippen LogP contribution in [0.2, 0.25) is 0 Å². The van der Waals surface area contributed by atoms with E-state index in [1.807, 2.05) is 24.3 Å². The normalized spacial score (nSPS) is 20.8. The summed E-state index contributed by atoms with van der Waals surface area (Å²) in [7, 11) is 0. The average molecular weight is 328 g/mol. The molecule has 1 unspecified atom stereocenters. The lowest BCUT2D eigenvalue weighted by Gasteiger charge is -2.22. The number of urea groups is 1. The van der Waals surface area contributed by atoms with Crippen molar-refractivity contribution in [1.29, 1.82) is 0 Å². The van der Waals surface area contributed by atoms with Crippen molar-refractivity contribution in [2.24, 2.45) is 0 Å². The molecule has 24 heavy (non-hydrogen) atoms. The summed E-state index contributed by atoms with van der Waals surface area (Å²) in [5, 5.41) is 6.44. The van der Waals surface area contributed by atoms with E-state index in [2.05, 4.69) is 29.3 Å². The summed E-state index contributed by atoms with van der Waals surface area (Å²) in [5.74, 6) is 0.762. The molecule has 7 nitrogen and oxygen atoms in total. The van der Waals surface area contributed by atoms with Gasteiger partial charge in [-0.25, -0.2) is 4.79 Å². The molecule has 1 aromatic heterocycles. The highest BCUT2D eigenvalue weighted by Gasteiger charge is 2.49. The van der Waals surface area contributed by atoms with E-state index in [1.54, 1.807) is 13.8 Å². The van der Waals surface area contributed by atoms with Gasteiger partial charge in [-0.15, -0.1) is 0 Å². The van der Waals surface area contributed by atoms with Crippen molar-refractivity contribution in [2.75, 3.05) is 0 Å². The second-order valence-electron chi connectivity index (χ2n) is 6.46. The minimum Gasteiger partial charge on any atom is -0.337 e. The summed E-state index contributed by atoms with van der Waals surface area (Å²) in [6.07, 6.45) is 0. The van der Waals surface area contributed by atoms with Crippen LogP contribution in [-0.2, 0) is 16.9 Å². The summed E-state index contributed by atoms with van der Waals surface area (Å²) in [6, 6.07) is 7.26. The van der Waals surface area contributed by atoms with E-state index in [1.165, 1.54) is 5.56 Å². The maximum absolute atomic E-state index is 12.8. The van der Waals surface area contributed by atoms with E-state index >= 15 is 0 Å². The van der Waals surface area contributed by atoms with Crippen LogP contribution in [0.4, 0.5) is 4.79 Å². The van der Waals surface area contributed by atoms with Crippen LogP contribution in [0.1, 0.15) is 49.5 Å². The number of hydrogen-bond donors (Lipinski definition) is 1. The molecule has 1 aromatic carbocycles. The van der Waals surface area contributed by atoms with Gasteiger partial charge >= 0.3 is 6.03 Å². The largest absolute Gasteiger partial charge is 0.337 e. The standard InChI is InChI=1S/C17H20N4O3/c1-10(2)12-5-7-13(8-6-12)17(4)15(22)21(16(23)19-17)9-14-18-11(3)20-24-14/h5-8,10H,9H2,1-4H3,(H,19,23). The van der Waals surface area contributed by atoms with E-state index in [0.29, 0.717) is 11.7 Å². The zero-order valence-corrected chi connectivity index (χ0v) is 14.2. The van der Waals surface area contributed by atoms with Gasteiger partial charge in [0.2, 0.25) is 5.89 Å². The monoisotopic (exact) mass is 328 g/mol. The fourth-order valence-electron chi connectivity index (χ4n) is 2.78. The number of rotatable bonds is 4. The highest BCUT2D eigenvalue weighted by molar-refractivity contribution is 6.07. The number of amides is 3. The van der Waals surface area contributed by atoms with Gasteiger partial charge in [-0.05, 0) is 30.9 Å². The fraction of sp³-hybridized carbons (Fsp3) is 0.412. The van der Waals surface area contributed by atoms with Crippen molar-refractivity contribution < 1.29 is 14.1 Å².